The molecule has 0 unspecified atom stereocenters. The highest BCUT2D eigenvalue weighted by Gasteiger charge is 2.26. The molecule has 0 atom stereocenters. The first-order chi connectivity index (χ1) is 12.1. The molecule has 0 radical (unpaired) electrons. The summed E-state index contributed by atoms with van der Waals surface area (Å²) in [6.45, 7) is 0.342. The largest absolute Gasteiger partial charge is 0.466 e. The zero-order valence-electron chi connectivity index (χ0n) is 13.6. The lowest BCUT2D eigenvalue weighted by Crippen LogP contribution is -2.08. The van der Waals surface area contributed by atoms with Gasteiger partial charge in [-0.2, -0.15) is 0 Å². The highest BCUT2D eigenvalue weighted by Crippen LogP contribution is 2.35. The van der Waals surface area contributed by atoms with E-state index in [-0.39, 0.29) is 5.69 Å². The van der Waals surface area contributed by atoms with E-state index in [4.69, 9.17) is 0 Å². The predicted octanol–water partition coefficient (Wildman–Crippen LogP) is 2.32. The Kier molecular flexibility index (Phi) is 4.73. The number of aromatic nitrogens is 3. The Morgan fingerprint density at radius 3 is 3.00 bits per heavy atom. The SMILES string of the molecule is COC(=O)C=Cc1ccc(NCc2nncn2C2CC2)c([N+](=O)[O-])c1. The number of anilines is 1. The van der Waals surface area contributed by atoms with E-state index in [1.165, 1.54) is 25.3 Å². The van der Waals surface area contributed by atoms with E-state index < -0.39 is 10.9 Å². The fraction of sp³-hybridized carbons (Fsp3) is 0.312. The Morgan fingerprint density at radius 1 is 1.52 bits per heavy atom. The summed E-state index contributed by atoms with van der Waals surface area (Å²) < 4.78 is 6.49. The number of nitro benzene ring substituents is 1. The average Bonchev–Trinajstić information content (AvgIpc) is 3.36. The molecule has 1 heterocycles. The summed E-state index contributed by atoms with van der Waals surface area (Å²) in [5.41, 5.74) is 0.832. The van der Waals surface area contributed by atoms with E-state index in [0.717, 1.165) is 18.7 Å². The van der Waals surface area contributed by atoms with Crippen molar-refractivity contribution in [3.05, 3.63) is 52.1 Å². The molecule has 25 heavy (non-hydrogen) atoms. The summed E-state index contributed by atoms with van der Waals surface area (Å²) in [6, 6.07) is 5.12. The number of nitro groups is 1. The molecule has 1 fully saturated rings. The van der Waals surface area contributed by atoms with Gasteiger partial charge in [0.15, 0.2) is 5.82 Å². The van der Waals surface area contributed by atoms with E-state index in [1.807, 2.05) is 4.57 Å². The highest BCUT2D eigenvalue weighted by molar-refractivity contribution is 5.87. The van der Waals surface area contributed by atoms with Crippen molar-refractivity contribution in [3.8, 4) is 0 Å². The van der Waals surface area contributed by atoms with Gasteiger partial charge in [0.1, 0.15) is 12.0 Å². The van der Waals surface area contributed by atoms with Gasteiger partial charge in [0.25, 0.3) is 5.69 Å². The third-order valence-corrected chi connectivity index (χ3v) is 3.86. The van der Waals surface area contributed by atoms with Crippen molar-refractivity contribution in [2.24, 2.45) is 0 Å². The van der Waals surface area contributed by atoms with Gasteiger partial charge in [-0.3, -0.25) is 10.1 Å². The number of esters is 1. The third-order valence-electron chi connectivity index (χ3n) is 3.86. The van der Waals surface area contributed by atoms with Crippen molar-refractivity contribution in [2.45, 2.75) is 25.4 Å². The van der Waals surface area contributed by atoms with Gasteiger partial charge in [-0.1, -0.05) is 6.07 Å². The number of rotatable bonds is 7. The van der Waals surface area contributed by atoms with E-state index in [1.54, 1.807) is 18.5 Å². The van der Waals surface area contributed by atoms with E-state index in [9.17, 15) is 14.9 Å². The molecule has 9 heteroatoms. The summed E-state index contributed by atoms with van der Waals surface area (Å²) in [5.74, 6) is 0.218. The van der Waals surface area contributed by atoms with Crippen LogP contribution in [-0.4, -0.2) is 32.8 Å². The minimum Gasteiger partial charge on any atom is -0.466 e. The smallest absolute Gasteiger partial charge is 0.330 e. The summed E-state index contributed by atoms with van der Waals surface area (Å²) >= 11 is 0. The van der Waals surface area contributed by atoms with Crippen LogP contribution in [0.4, 0.5) is 11.4 Å². The highest BCUT2D eigenvalue weighted by atomic mass is 16.6. The second kappa shape index (κ2) is 7.12. The molecule has 2 aromatic rings. The maximum absolute atomic E-state index is 11.3. The summed E-state index contributed by atoms with van der Waals surface area (Å²) in [4.78, 5) is 22.0. The molecule has 1 saturated carbocycles. The molecule has 1 aliphatic rings. The molecule has 1 aromatic heterocycles. The van der Waals surface area contributed by atoms with Crippen molar-refractivity contribution >= 4 is 23.4 Å². The lowest BCUT2D eigenvalue weighted by Gasteiger charge is -2.09. The minimum absolute atomic E-state index is 0.0792. The van der Waals surface area contributed by atoms with Crippen molar-refractivity contribution in [2.75, 3.05) is 12.4 Å². The second-order valence-corrected chi connectivity index (χ2v) is 5.63. The Balaban J connectivity index is 1.76. The lowest BCUT2D eigenvalue weighted by molar-refractivity contribution is -0.384. The van der Waals surface area contributed by atoms with Gasteiger partial charge in [-0.25, -0.2) is 4.79 Å². The molecule has 1 aliphatic carbocycles. The van der Waals surface area contributed by atoms with E-state index in [0.29, 0.717) is 23.8 Å². The van der Waals surface area contributed by atoms with Crippen LogP contribution in [0.2, 0.25) is 0 Å². The van der Waals surface area contributed by atoms with E-state index in [2.05, 4.69) is 20.3 Å². The molecular weight excluding hydrogens is 326 g/mol. The molecular formula is C16H17N5O4. The van der Waals surface area contributed by atoms with Crippen LogP contribution in [0.3, 0.4) is 0 Å². The van der Waals surface area contributed by atoms with Crippen LogP contribution < -0.4 is 5.32 Å². The molecule has 0 amide bonds. The number of ether oxygens (including phenoxy) is 1. The molecule has 0 saturated heterocycles. The van der Waals surface area contributed by atoms with Gasteiger partial charge in [0.2, 0.25) is 0 Å². The standard InChI is InChI=1S/C16H17N5O4/c1-25-16(22)7-3-11-2-6-13(14(8-11)21(23)24)17-9-15-19-18-10-20(15)12-4-5-12/h2-3,6-8,10,12,17H,4-5,9H2,1H3. The first kappa shape index (κ1) is 16.6. The molecule has 130 valence electrons. The fourth-order valence-corrected chi connectivity index (χ4v) is 2.41. The van der Waals surface area contributed by atoms with Gasteiger partial charge in [0.05, 0.1) is 18.6 Å². The summed E-state index contributed by atoms with van der Waals surface area (Å²) in [7, 11) is 1.27. The van der Waals surface area contributed by atoms with Crippen LogP contribution in [0.25, 0.3) is 6.08 Å². The Labute approximate surface area is 143 Å². The zero-order valence-corrected chi connectivity index (χ0v) is 13.6. The lowest BCUT2D eigenvalue weighted by atomic mass is 10.1. The average molecular weight is 343 g/mol. The van der Waals surface area contributed by atoms with Crippen molar-refractivity contribution in [1.82, 2.24) is 14.8 Å². The van der Waals surface area contributed by atoms with E-state index >= 15 is 0 Å². The maximum Gasteiger partial charge on any atom is 0.330 e. The van der Waals surface area contributed by atoms with Gasteiger partial charge < -0.3 is 14.6 Å². The predicted molar refractivity (Wildman–Crippen MR) is 89.8 cm³/mol. The summed E-state index contributed by atoms with van der Waals surface area (Å²) in [5, 5.41) is 22.3. The zero-order chi connectivity index (χ0) is 17.8. The summed E-state index contributed by atoms with van der Waals surface area (Å²) in [6.07, 6.45) is 6.57. The molecule has 0 aliphatic heterocycles. The third kappa shape index (κ3) is 4.00. The minimum atomic E-state index is -0.524. The molecule has 1 aromatic carbocycles. The van der Waals surface area contributed by atoms with Crippen molar-refractivity contribution in [1.29, 1.82) is 0 Å². The maximum atomic E-state index is 11.3. The first-order valence-corrected chi connectivity index (χ1v) is 7.75. The second-order valence-electron chi connectivity index (χ2n) is 5.63. The molecule has 0 bridgehead atoms. The van der Waals surface area contributed by atoms with Crippen molar-refractivity contribution in [3.63, 3.8) is 0 Å². The van der Waals surface area contributed by atoms with Crippen LogP contribution in [-0.2, 0) is 16.1 Å². The number of hydrogen-bond donors (Lipinski definition) is 1. The van der Waals surface area contributed by atoms with Gasteiger partial charge in [0, 0.05) is 18.2 Å². The van der Waals surface area contributed by atoms with Crippen molar-refractivity contribution < 1.29 is 14.5 Å². The van der Waals surface area contributed by atoms with Gasteiger partial charge in [-0.15, -0.1) is 10.2 Å². The first-order valence-electron chi connectivity index (χ1n) is 7.75. The molecule has 3 rings (SSSR count). The number of nitrogens with one attached hydrogen (secondary N) is 1. The van der Waals surface area contributed by atoms with Crippen LogP contribution in [0.15, 0.2) is 30.6 Å². The monoisotopic (exact) mass is 343 g/mol. The van der Waals surface area contributed by atoms with Gasteiger partial charge in [-0.05, 0) is 30.5 Å². The Bertz CT molecular complexity index is 826. The fourth-order valence-electron chi connectivity index (χ4n) is 2.41. The van der Waals surface area contributed by atoms with Gasteiger partial charge >= 0.3 is 5.97 Å². The van der Waals surface area contributed by atoms with Crippen LogP contribution in [0.1, 0.15) is 30.3 Å². The Hall–Kier alpha value is -3.23. The van der Waals surface area contributed by atoms with Crippen LogP contribution in [0.5, 0.6) is 0 Å². The number of methoxy groups -OCH3 is 1. The molecule has 1 N–H and O–H groups in total. The number of carbonyl (C=O) groups excluding carboxylic acids is 1. The number of nitrogens with zero attached hydrogens (tertiary/aromatic N) is 4. The Morgan fingerprint density at radius 2 is 2.32 bits per heavy atom. The number of benzene rings is 1. The number of hydrogen-bond acceptors (Lipinski definition) is 7. The van der Waals surface area contributed by atoms with Crippen LogP contribution in [0, 0.1) is 10.1 Å². The van der Waals surface area contributed by atoms with Crippen LogP contribution >= 0.6 is 0 Å². The normalized spacial score (nSPS) is 13.8. The molecule has 9 nitrogen and oxygen atoms in total. The number of carbonyl (C=O) groups is 1. The molecule has 0 spiro atoms. The topological polar surface area (TPSA) is 112 Å². The quantitative estimate of drug-likeness (QED) is 0.355.